The summed E-state index contributed by atoms with van der Waals surface area (Å²) in [6.45, 7) is 0. The van der Waals surface area contributed by atoms with Gasteiger partial charge in [-0.2, -0.15) is 4.98 Å². The van der Waals surface area contributed by atoms with Crippen LogP contribution in [0.3, 0.4) is 0 Å². The van der Waals surface area contributed by atoms with Gasteiger partial charge in [0, 0.05) is 7.05 Å². The fraction of sp³-hybridized carbons (Fsp3) is 0.545. The first-order valence-electron chi connectivity index (χ1n) is 5.71. The number of likely N-dealkylation sites (N-methyl/N-ethyl adjacent to an activating group) is 1. The van der Waals surface area contributed by atoms with E-state index in [2.05, 4.69) is 15.3 Å². The smallest absolute Gasteiger partial charge is 0.250 e. The molecule has 3 rings (SSSR count). The van der Waals surface area contributed by atoms with Crippen molar-refractivity contribution >= 4 is 29.0 Å². The van der Waals surface area contributed by atoms with Gasteiger partial charge in [-0.1, -0.05) is 12.8 Å². The summed E-state index contributed by atoms with van der Waals surface area (Å²) in [5, 5.41) is 3.09. The molecule has 1 aliphatic heterocycles. The lowest BCUT2D eigenvalue weighted by molar-refractivity contribution is -0.121. The predicted molar refractivity (Wildman–Crippen MR) is 65.3 cm³/mol. The van der Waals surface area contributed by atoms with Crippen LogP contribution < -0.4 is 10.2 Å². The number of hydrogen-bond donors (Lipinski definition) is 1. The van der Waals surface area contributed by atoms with Gasteiger partial charge in [-0.05, 0) is 24.4 Å². The lowest BCUT2D eigenvalue weighted by atomic mass is 9.92. The number of anilines is 2. The molecule has 0 aromatic carbocycles. The summed E-state index contributed by atoms with van der Waals surface area (Å²) < 4.78 is 0. The highest BCUT2D eigenvalue weighted by molar-refractivity contribution is 6.28. The summed E-state index contributed by atoms with van der Waals surface area (Å²) in [6.07, 6.45) is 5.45. The molecule has 1 N–H and O–H groups in total. The Hall–Kier alpha value is -1.36. The Labute approximate surface area is 104 Å². The zero-order valence-electron chi connectivity index (χ0n) is 9.53. The molecule has 0 radical (unpaired) electrons. The molecule has 2 heterocycles. The van der Waals surface area contributed by atoms with Gasteiger partial charge in [-0.25, -0.2) is 4.98 Å². The Morgan fingerprint density at radius 2 is 2.18 bits per heavy atom. The van der Waals surface area contributed by atoms with Gasteiger partial charge >= 0.3 is 0 Å². The van der Waals surface area contributed by atoms with E-state index in [1.54, 1.807) is 6.20 Å². The number of fused-ring (bicyclic) bond motifs is 1. The first-order valence-corrected chi connectivity index (χ1v) is 6.09. The van der Waals surface area contributed by atoms with Crippen molar-refractivity contribution in [3.8, 4) is 0 Å². The summed E-state index contributed by atoms with van der Waals surface area (Å²) in [7, 11) is 1.91. The van der Waals surface area contributed by atoms with Crippen LogP contribution in [0.5, 0.6) is 0 Å². The average molecular weight is 253 g/mol. The third kappa shape index (κ3) is 1.42. The topological polar surface area (TPSA) is 58.1 Å². The molecule has 1 aromatic rings. The fourth-order valence-corrected chi connectivity index (χ4v) is 2.94. The maximum Gasteiger partial charge on any atom is 0.250 e. The van der Waals surface area contributed by atoms with E-state index in [-0.39, 0.29) is 11.2 Å². The molecule has 6 heteroatoms. The molecule has 0 saturated heterocycles. The second kappa shape index (κ2) is 3.57. The van der Waals surface area contributed by atoms with Crippen LogP contribution in [0.2, 0.25) is 5.28 Å². The Balaban J connectivity index is 2.11. The summed E-state index contributed by atoms with van der Waals surface area (Å²) in [5.74, 6) is 0.766. The number of aromatic nitrogens is 2. The average Bonchev–Trinajstić information content (AvgIpc) is 2.79. The predicted octanol–water partition coefficient (Wildman–Crippen LogP) is 1.83. The van der Waals surface area contributed by atoms with Crippen LogP contribution in [0.25, 0.3) is 0 Å². The van der Waals surface area contributed by atoms with Gasteiger partial charge in [0.15, 0.2) is 5.82 Å². The molecule has 1 fully saturated rings. The Kier molecular flexibility index (Phi) is 2.26. The first kappa shape index (κ1) is 10.8. The van der Waals surface area contributed by atoms with Crippen LogP contribution in [0.1, 0.15) is 25.7 Å². The van der Waals surface area contributed by atoms with Crippen LogP contribution in [0.15, 0.2) is 6.20 Å². The number of carbonyl (C=O) groups is 1. The Morgan fingerprint density at radius 1 is 1.47 bits per heavy atom. The SMILES string of the molecule is CN1c2nc(Cl)ncc2NC(=O)C12CCCC2. The van der Waals surface area contributed by atoms with E-state index in [0.717, 1.165) is 25.7 Å². The highest BCUT2D eigenvalue weighted by atomic mass is 35.5. The number of halogens is 1. The maximum absolute atomic E-state index is 12.2. The standard InChI is InChI=1S/C11H13ClN4O/c1-16-8-7(6-13-10(12)15-8)14-9(17)11(16)4-2-3-5-11/h6H,2-5H2,1H3,(H,14,17). The molecule has 0 bridgehead atoms. The van der Waals surface area contributed by atoms with E-state index in [0.29, 0.717) is 11.5 Å². The van der Waals surface area contributed by atoms with Crippen molar-refractivity contribution in [1.29, 1.82) is 0 Å². The molecule has 0 atom stereocenters. The maximum atomic E-state index is 12.2. The number of nitrogens with zero attached hydrogens (tertiary/aromatic N) is 3. The van der Waals surface area contributed by atoms with Crippen molar-refractivity contribution in [2.75, 3.05) is 17.3 Å². The first-order chi connectivity index (χ1) is 8.13. The third-order valence-electron chi connectivity index (χ3n) is 3.80. The third-order valence-corrected chi connectivity index (χ3v) is 3.98. The normalized spacial score (nSPS) is 21.5. The van der Waals surface area contributed by atoms with Gasteiger partial charge < -0.3 is 10.2 Å². The molecule has 1 saturated carbocycles. The molecular formula is C11H13ClN4O. The van der Waals surface area contributed by atoms with E-state index in [1.807, 2.05) is 11.9 Å². The number of hydrogen-bond acceptors (Lipinski definition) is 4. The summed E-state index contributed by atoms with van der Waals surface area (Å²) in [4.78, 5) is 22.3. The molecule has 1 aromatic heterocycles. The summed E-state index contributed by atoms with van der Waals surface area (Å²) in [6, 6.07) is 0. The van der Waals surface area contributed by atoms with E-state index in [9.17, 15) is 4.79 Å². The summed E-state index contributed by atoms with van der Waals surface area (Å²) in [5.41, 5.74) is 0.199. The zero-order valence-corrected chi connectivity index (χ0v) is 10.3. The minimum atomic E-state index is -0.440. The molecule has 1 aliphatic carbocycles. The second-order valence-corrected chi connectivity index (χ2v) is 4.97. The second-order valence-electron chi connectivity index (χ2n) is 4.63. The van der Waals surface area contributed by atoms with E-state index >= 15 is 0 Å². The number of rotatable bonds is 0. The molecule has 90 valence electrons. The van der Waals surface area contributed by atoms with Crippen molar-refractivity contribution in [3.05, 3.63) is 11.5 Å². The van der Waals surface area contributed by atoms with Gasteiger partial charge in [-0.3, -0.25) is 4.79 Å². The van der Waals surface area contributed by atoms with E-state index < -0.39 is 5.54 Å². The Bertz CT molecular complexity index is 484. The minimum Gasteiger partial charge on any atom is -0.343 e. The summed E-state index contributed by atoms with van der Waals surface area (Å²) >= 11 is 5.81. The van der Waals surface area contributed by atoms with Crippen LogP contribution in [-0.2, 0) is 4.79 Å². The minimum absolute atomic E-state index is 0.0518. The monoisotopic (exact) mass is 252 g/mol. The van der Waals surface area contributed by atoms with Crippen molar-refractivity contribution in [2.45, 2.75) is 31.2 Å². The van der Waals surface area contributed by atoms with E-state index in [4.69, 9.17) is 11.6 Å². The lowest BCUT2D eigenvalue weighted by Gasteiger charge is -2.42. The molecule has 1 spiro atoms. The lowest BCUT2D eigenvalue weighted by Crippen LogP contribution is -2.57. The van der Waals surface area contributed by atoms with E-state index in [1.165, 1.54) is 0 Å². The number of carbonyl (C=O) groups excluding carboxylic acids is 1. The zero-order chi connectivity index (χ0) is 12.0. The quantitative estimate of drug-likeness (QED) is 0.716. The molecule has 17 heavy (non-hydrogen) atoms. The highest BCUT2D eigenvalue weighted by Gasteiger charge is 2.48. The Morgan fingerprint density at radius 3 is 2.88 bits per heavy atom. The van der Waals surface area contributed by atoms with Crippen LogP contribution in [-0.4, -0.2) is 28.5 Å². The van der Waals surface area contributed by atoms with Crippen molar-refractivity contribution in [2.24, 2.45) is 0 Å². The van der Waals surface area contributed by atoms with Crippen molar-refractivity contribution in [3.63, 3.8) is 0 Å². The highest BCUT2D eigenvalue weighted by Crippen LogP contribution is 2.43. The molecular weight excluding hydrogens is 240 g/mol. The van der Waals surface area contributed by atoms with Crippen LogP contribution in [0.4, 0.5) is 11.5 Å². The van der Waals surface area contributed by atoms with Crippen LogP contribution in [0, 0.1) is 0 Å². The molecule has 1 amide bonds. The van der Waals surface area contributed by atoms with Crippen LogP contribution >= 0.6 is 11.6 Å². The van der Waals surface area contributed by atoms with Gasteiger partial charge in [0.1, 0.15) is 11.2 Å². The van der Waals surface area contributed by atoms with Gasteiger partial charge in [0.2, 0.25) is 11.2 Å². The van der Waals surface area contributed by atoms with Crippen molar-refractivity contribution in [1.82, 2.24) is 9.97 Å². The largest absolute Gasteiger partial charge is 0.343 e. The van der Waals surface area contributed by atoms with Gasteiger partial charge in [0.05, 0.1) is 6.20 Å². The molecule has 2 aliphatic rings. The van der Waals surface area contributed by atoms with Gasteiger partial charge in [0.25, 0.3) is 0 Å². The molecule has 5 nitrogen and oxygen atoms in total. The number of nitrogens with one attached hydrogen (secondary N) is 1. The fourth-order valence-electron chi connectivity index (χ4n) is 2.81. The van der Waals surface area contributed by atoms with Crippen molar-refractivity contribution < 1.29 is 4.79 Å². The number of amides is 1. The molecule has 0 unspecified atom stereocenters. The van der Waals surface area contributed by atoms with Gasteiger partial charge in [-0.15, -0.1) is 0 Å².